The summed E-state index contributed by atoms with van der Waals surface area (Å²) in [6.07, 6.45) is 6.38. The highest BCUT2D eigenvalue weighted by Gasteiger charge is 2.25. The van der Waals surface area contributed by atoms with Gasteiger partial charge in [-0.15, -0.1) is 0 Å². The van der Waals surface area contributed by atoms with Gasteiger partial charge in [0.1, 0.15) is 0 Å². The van der Waals surface area contributed by atoms with E-state index in [-0.39, 0.29) is 5.54 Å². The van der Waals surface area contributed by atoms with Crippen molar-refractivity contribution in [2.24, 2.45) is 17.3 Å². The molecular weight excluding hydrogens is 176 g/mol. The molecule has 0 spiro atoms. The molecule has 14 heavy (non-hydrogen) atoms. The maximum atomic E-state index is 5.64. The molecule has 0 aromatic rings. The molecular formula is C10H26N4. The quantitative estimate of drug-likeness (QED) is 0.323. The van der Waals surface area contributed by atoms with Crippen molar-refractivity contribution in [3.05, 3.63) is 0 Å². The van der Waals surface area contributed by atoms with E-state index in [0.29, 0.717) is 0 Å². The van der Waals surface area contributed by atoms with Crippen LogP contribution in [0.5, 0.6) is 0 Å². The predicted octanol–water partition coefficient (Wildman–Crippen LogP) is 0.466. The van der Waals surface area contributed by atoms with Gasteiger partial charge >= 0.3 is 0 Å². The van der Waals surface area contributed by atoms with E-state index in [4.69, 9.17) is 17.3 Å². The second kappa shape index (κ2) is 8.17. The van der Waals surface area contributed by atoms with Crippen molar-refractivity contribution < 1.29 is 0 Å². The molecule has 0 saturated carbocycles. The lowest BCUT2D eigenvalue weighted by Gasteiger charge is -2.33. The van der Waals surface area contributed by atoms with E-state index in [1.165, 1.54) is 0 Å². The third-order valence-corrected chi connectivity index (χ3v) is 2.75. The van der Waals surface area contributed by atoms with E-state index in [0.717, 1.165) is 51.6 Å². The highest BCUT2D eigenvalue weighted by Crippen LogP contribution is 2.23. The second-order valence-electron chi connectivity index (χ2n) is 3.96. The van der Waals surface area contributed by atoms with E-state index < -0.39 is 0 Å². The summed E-state index contributed by atoms with van der Waals surface area (Å²) in [6.45, 7) is 3.64. The zero-order chi connectivity index (χ0) is 10.9. The predicted molar refractivity (Wildman–Crippen MR) is 61.5 cm³/mol. The molecule has 86 valence electrons. The van der Waals surface area contributed by atoms with Crippen LogP contribution in [0.15, 0.2) is 0 Å². The van der Waals surface area contributed by atoms with E-state index in [2.05, 4.69) is 12.3 Å². The Kier molecular flexibility index (Phi) is 8.08. The van der Waals surface area contributed by atoms with Gasteiger partial charge in [-0.05, 0) is 45.2 Å². The van der Waals surface area contributed by atoms with Crippen LogP contribution < -0.4 is 22.7 Å². The zero-order valence-electron chi connectivity index (χ0n) is 9.39. The molecule has 0 aromatic heterocycles. The Morgan fingerprint density at radius 3 is 1.79 bits per heavy atom. The minimum absolute atomic E-state index is 0.0630. The highest BCUT2D eigenvalue weighted by atomic mass is 15.3. The average Bonchev–Trinajstić information content (AvgIpc) is 2.22. The van der Waals surface area contributed by atoms with Crippen LogP contribution in [-0.4, -0.2) is 18.6 Å². The van der Waals surface area contributed by atoms with E-state index >= 15 is 0 Å². The number of rotatable bonds is 9. The molecule has 0 atom stereocenters. The molecule has 0 rings (SSSR count). The first-order valence-corrected chi connectivity index (χ1v) is 5.62. The first-order chi connectivity index (χ1) is 6.74. The van der Waals surface area contributed by atoms with Gasteiger partial charge in [-0.1, -0.05) is 13.3 Å². The average molecular weight is 202 g/mol. The molecule has 0 unspecified atom stereocenters. The molecule has 0 aliphatic carbocycles. The van der Waals surface area contributed by atoms with Gasteiger partial charge in [0.05, 0.1) is 0 Å². The summed E-state index contributed by atoms with van der Waals surface area (Å²) in [5, 5.41) is 0. The molecule has 0 aromatic carbocycles. The first kappa shape index (κ1) is 13.8. The minimum Gasteiger partial charge on any atom is -0.330 e. The molecule has 4 nitrogen and oxygen atoms in total. The summed E-state index contributed by atoms with van der Waals surface area (Å²) in [7, 11) is 0. The van der Waals surface area contributed by atoms with Crippen molar-refractivity contribution in [3.8, 4) is 0 Å². The second-order valence-corrected chi connectivity index (χ2v) is 3.96. The van der Waals surface area contributed by atoms with Gasteiger partial charge in [0.2, 0.25) is 0 Å². The summed E-state index contributed by atoms with van der Waals surface area (Å²) in [5.41, 5.74) is 14.1. The van der Waals surface area contributed by atoms with Gasteiger partial charge in [0, 0.05) is 5.54 Å². The van der Waals surface area contributed by atoms with Gasteiger partial charge < -0.3 is 11.5 Å². The van der Waals surface area contributed by atoms with Crippen molar-refractivity contribution in [1.82, 2.24) is 5.43 Å². The molecule has 0 radical (unpaired) electrons. The number of hydrazine groups is 1. The molecule has 0 aliphatic heterocycles. The Balaban J connectivity index is 4.11. The third-order valence-electron chi connectivity index (χ3n) is 2.75. The summed E-state index contributed by atoms with van der Waals surface area (Å²) >= 11 is 0. The number of hydrogen-bond acceptors (Lipinski definition) is 4. The van der Waals surface area contributed by atoms with Crippen molar-refractivity contribution in [1.29, 1.82) is 0 Å². The van der Waals surface area contributed by atoms with Crippen LogP contribution in [0.1, 0.15) is 45.4 Å². The fourth-order valence-corrected chi connectivity index (χ4v) is 1.95. The lowest BCUT2D eigenvalue weighted by atomic mass is 9.84. The standard InChI is InChI=1S/C10H26N4/c1-2-5-10(14-13,6-3-8-11)7-4-9-12/h14H,2-9,11-13H2,1H3. The molecule has 4 heteroatoms. The molecule has 0 saturated heterocycles. The maximum absolute atomic E-state index is 5.64. The monoisotopic (exact) mass is 202 g/mol. The van der Waals surface area contributed by atoms with Gasteiger partial charge in [-0.3, -0.25) is 11.3 Å². The van der Waals surface area contributed by atoms with Gasteiger partial charge in [-0.2, -0.15) is 0 Å². The lowest BCUT2D eigenvalue weighted by Crippen LogP contribution is -2.49. The van der Waals surface area contributed by atoms with E-state index in [1.54, 1.807) is 0 Å². The van der Waals surface area contributed by atoms with Crippen LogP contribution in [0.3, 0.4) is 0 Å². The van der Waals surface area contributed by atoms with E-state index in [9.17, 15) is 0 Å². The highest BCUT2D eigenvalue weighted by molar-refractivity contribution is 4.85. The molecule has 0 amide bonds. The van der Waals surface area contributed by atoms with E-state index in [1.807, 2.05) is 0 Å². The van der Waals surface area contributed by atoms with Gasteiger partial charge in [0.15, 0.2) is 0 Å². The van der Waals surface area contributed by atoms with Crippen molar-refractivity contribution >= 4 is 0 Å². The number of nitrogens with two attached hydrogens (primary N) is 3. The minimum atomic E-state index is 0.0630. The molecule has 0 heterocycles. The molecule has 7 N–H and O–H groups in total. The van der Waals surface area contributed by atoms with Gasteiger partial charge in [0.25, 0.3) is 0 Å². The Morgan fingerprint density at radius 2 is 1.50 bits per heavy atom. The van der Waals surface area contributed by atoms with Crippen LogP contribution in [0, 0.1) is 0 Å². The van der Waals surface area contributed by atoms with Crippen LogP contribution in [0.4, 0.5) is 0 Å². The Hall–Kier alpha value is -0.160. The van der Waals surface area contributed by atoms with Crippen LogP contribution in [-0.2, 0) is 0 Å². The summed E-state index contributed by atoms with van der Waals surface area (Å²) in [5.74, 6) is 5.64. The Bertz CT molecular complexity index is 119. The molecule has 0 bridgehead atoms. The smallest absolute Gasteiger partial charge is 0.0322 e. The fourth-order valence-electron chi connectivity index (χ4n) is 1.95. The fraction of sp³-hybridized carbons (Fsp3) is 1.00. The number of nitrogens with one attached hydrogen (secondary N) is 1. The number of hydrogen-bond donors (Lipinski definition) is 4. The SMILES string of the molecule is CCCC(CCCN)(CCCN)NN. The normalized spacial score (nSPS) is 12.0. The Labute approximate surface area is 87.6 Å². The topological polar surface area (TPSA) is 90.1 Å². The van der Waals surface area contributed by atoms with Crippen molar-refractivity contribution in [2.75, 3.05) is 13.1 Å². The Morgan fingerprint density at radius 1 is 1.00 bits per heavy atom. The van der Waals surface area contributed by atoms with Gasteiger partial charge in [-0.25, -0.2) is 0 Å². The molecule has 0 fully saturated rings. The summed E-state index contributed by atoms with van der Waals surface area (Å²) in [4.78, 5) is 0. The van der Waals surface area contributed by atoms with Crippen LogP contribution >= 0.6 is 0 Å². The van der Waals surface area contributed by atoms with Crippen LogP contribution in [0.25, 0.3) is 0 Å². The maximum Gasteiger partial charge on any atom is 0.0322 e. The molecule has 0 aliphatic rings. The zero-order valence-corrected chi connectivity index (χ0v) is 9.39. The summed E-state index contributed by atoms with van der Waals surface area (Å²) < 4.78 is 0. The third kappa shape index (κ3) is 4.91. The largest absolute Gasteiger partial charge is 0.330 e. The van der Waals surface area contributed by atoms with Crippen LogP contribution in [0.2, 0.25) is 0 Å². The first-order valence-electron chi connectivity index (χ1n) is 5.62. The van der Waals surface area contributed by atoms with Crippen molar-refractivity contribution in [3.63, 3.8) is 0 Å². The lowest BCUT2D eigenvalue weighted by molar-refractivity contribution is 0.252. The summed E-state index contributed by atoms with van der Waals surface area (Å²) in [6, 6.07) is 0. The van der Waals surface area contributed by atoms with Crippen molar-refractivity contribution in [2.45, 2.75) is 51.0 Å².